The zero-order valence-corrected chi connectivity index (χ0v) is 16.9. The van der Waals surface area contributed by atoms with E-state index in [2.05, 4.69) is 32.6 Å². The van der Waals surface area contributed by atoms with Gasteiger partial charge in [-0.1, -0.05) is 71.6 Å². The molecule has 2 rings (SSSR count). The maximum atomic E-state index is 12.6. The van der Waals surface area contributed by atoms with E-state index in [0.29, 0.717) is 0 Å². The summed E-state index contributed by atoms with van der Waals surface area (Å²) < 4.78 is 37.9. The van der Waals surface area contributed by atoms with Gasteiger partial charge in [0.1, 0.15) is 0 Å². The summed E-state index contributed by atoms with van der Waals surface area (Å²) in [7, 11) is 0. The molecule has 0 unspecified atom stereocenters. The Labute approximate surface area is 158 Å². The smallest absolute Gasteiger partial charge is 0.304 e. The maximum absolute atomic E-state index is 12.6. The lowest BCUT2D eigenvalue weighted by Crippen LogP contribution is -2.32. The second-order valence-corrected chi connectivity index (χ2v) is 7.72. The molecule has 1 nitrogen and oxygen atoms in total. The summed E-state index contributed by atoms with van der Waals surface area (Å²) in [5, 5.41) is 0. The predicted octanol–water partition coefficient (Wildman–Crippen LogP) is 7.13. The normalized spacial score (nSPS) is 16.5. The van der Waals surface area contributed by atoms with Crippen molar-refractivity contribution < 1.29 is 13.2 Å². The Morgan fingerprint density at radius 3 is 2.23 bits per heavy atom. The number of likely N-dealkylation sites (tertiary alicyclic amines) is 1. The Kier molecular flexibility index (Phi) is 10.3. The average molecular weight is 372 g/mol. The third-order valence-corrected chi connectivity index (χ3v) is 5.11. The number of hydrogen-bond donors (Lipinski definition) is 0. The van der Waals surface area contributed by atoms with Crippen LogP contribution in [0.4, 0.5) is 13.2 Å². The van der Waals surface area contributed by atoms with Crippen molar-refractivity contribution in [1.29, 1.82) is 0 Å². The van der Waals surface area contributed by atoms with E-state index in [9.17, 15) is 13.2 Å². The van der Waals surface area contributed by atoms with Crippen molar-refractivity contribution in [2.24, 2.45) is 5.92 Å². The molecule has 0 amide bonds. The summed E-state index contributed by atoms with van der Waals surface area (Å²) in [6.45, 7) is 11.9. The third-order valence-electron chi connectivity index (χ3n) is 5.11. The molecule has 1 aliphatic heterocycles. The van der Waals surface area contributed by atoms with Crippen LogP contribution in [0.15, 0.2) is 24.3 Å². The van der Waals surface area contributed by atoms with Crippen LogP contribution in [0.5, 0.6) is 0 Å². The lowest BCUT2D eigenvalue weighted by Gasteiger charge is -2.31. The Hall–Kier alpha value is -1.03. The van der Waals surface area contributed by atoms with Crippen molar-refractivity contribution in [3.63, 3.8) is 0 Å². The van der Waals surface area contributed by atoms with E-state index in [4.69, 9.17) is 0 Å². The molecule has 1 heterocycles. The number of benzene rings is 1. The molecule has 4 heteroatoms. The summed E-state index contributed by atoms with van der Waals surface area (Å²) in [4.78, 5) is 2.34. The first-order chi connectivity index (χ1) is 12.3. The van der Waals surface area contributed by atoms with Gasteiger partial charge in [0.05, 0.1) is 5.56 Å². The number of halogens is 3. The number of alkyl halides is 3. The van der Waals surface area contributed by atoms with Crippen LogP contribution < -0.4 is 0 Å². The highest BCUT2D eigenvalue weighted by molar-refractivity contribution is 5.28. The van der Waals surface area contributed by atoms with Gasteiger partial charge in [-0.05, 0) is 55.9 Å². The molecule has 0 saturated carbocycles. The Balaban J connectivity index is 0.000000359. The first kappa shape index (κ1) is 23.0. The minimum atomic E-state index is -4.24. The van der Waals surface area contributed by atoms with Crippen molar-refractivity contribution in [3.05, 3.63) is 35.4 Å². The van der Waals surface area contributed by atoms with Crippen molar-refractivity contribution in [2.45, 2.75) is 78.3 Å². The van der Waals surface area contributed by atoms with Crippen LogP contribution >= 0.6 is 0 Å². The van der Waals surface area contributed by atoms with Crippen LogP contribution in [0.25, 0.3) is 0 Å². The fourth-order valence-corrected chi connectivity index (χ4v) is 3.35. The van der Waals surface area contributed by atoms with Crippen molar-refractivity contribution >= 4 is 0 Å². The molecular formula is C22H36F3N. The molecule has 150 valence electrons. The molecule has 1 saturated heterocycles. The molecule has 0 aromatic heterocycles. The van der Waals surface area contributed by atoms with Crippen LogP contribution in [0, 0.1) is 5.92 Å². The lowest BCUT2D eigenvalue weighted by molar-refractivity contribution is -0.137. The molecular weight excluding hydrogens is 335 g/mol. The van der Waals surface area contributed by atoms with E-state index in [1.807, 2.05) is 6.07 Å². The molecule has 0 spiro atoms. The molecule has 1 aromatic carbocycles. The monoisotopic (exact) mass is 371 g/mol. The first-order valence-electron chi connectivity index (χ1n) is 10.2. The summed E-state index contributed by atoms with van der Waals surface area (Å²) in [6, 6.07) is 5.79. The molecule has 1 aliphatic rings. The third kappa shape index (κ3) is 8.57. The second-order valence-electron chi connectivity index (χ2n) is 7.72. The van der Waals surface area contributed by atoms with Gasteiger partial charge in [-0.3, -0.25) is 0 Å². The van der Waals surface area contributed by atoms with Crippen molar-refractivity contribution in [3.8, 4) is 0 Å². The molecule has 0 atom stereocenters. The Morgan fingerprint density at radius 1 is 1.08 bits per heavy atom. The Bertz CT molecular complexity index is 488. The standard InChI is InChI=1S/C14H18F3N.C8H18/c1-2-18-8-6-11(7-9-18)12-4-3-5-13(10-12)14(15,16)17;1-4-5-6-7-8(2)3/h3-5,10-11H,2,6-9H2,1H3;8H,4-7H2,1-3H3. The van der Waals surface area contributed by atoms with Gasteiger partial charge in [0.2, 0.25) is 0 Å². The Morgan fingerprint density at radius 2 is 1.73 bits per heavy atom. The summed E-state index contributed by atoms with van der Waals surface area (Å²) >= 11 is 0. The number of rotatable bonds is 6. The van der Waals surface area contributed by atoms with Gasteiger partial charge in [-0.2, -0.15) is 13.2 Å². The minimum absolute atomic E-state index is 0.273. The highest BCUT2D eigenvalue weighted by Crippen LogP contribution is 2.34. The minimum Gasteiger partial charge on any atom is -0.304 e. The maximum Gasteiger partial charge on any atom is 0.416 e. The van der Waals surface area contributed by atoms with Crippen molar-refractivity contribution in [1.82, 2.24) is 4.90 Å². The fourth-order valence-electron chi connectivity index (χ4n) is 3.35. The van der Waals surface area contributed by atoms with Crippen LogP contribution in [0.3, 0.4) is 0 Å². The zero-order chi connectivity index (χ0) is 19.6. The number of piperidine rings is 1. The SMILES string of the molecule is CCCCCC(C)C.CCN1CCC(c2cccc(C(F)(F)F)c2)CC1. The van der Waals surface area contributed by atoms with Gasteiger partial charge in [0, 0.05) is 0 Å². The van der Waals surface area contributed by atoms with E-state index in [1.54, 1.807) is 0 Å². The predicted molar refractivity (Wildman–Crippen MR) is 105 cm³/mol. The van der Waals surface area contributed by atoms with E-state index in [1.165, 1.54) is 37.8 Å². The topological polar surface area (TPSA) is 3.24 Å². The van der Waals surface area contributed by atoms with E-state index >= 15 is 0 Å². The largest absolute Gasteiger partial charge is 0.416 e. The van der Waals surface area contributed by atoms with Gasteiger partial charge in [-0.15, -0.1) is 0 Å². The van der Waals surface area contributed by atoms with E-state index in [0.717, 1.165) is 50.0 Å². The molecule has 0 aliphatic carbocycles. The quantitative estimate of drug-likeness (QED) is 0.481. The number of nitrogens with zero attached hydrogens (tertiary/aromatic N) is 1. The summed E-state index contributed by atoms with van der Waals surface area (Å²) in [6.07, 6.45) is 3.28. The summed E-state index contributed by atoms with van der Waals surface area (Å²) in [5.41, 5.74) is 0.304. The van der Waals surface area contributed by atoms with Gasteiger partial charge >= 0.3 is 6.18 Å². The van der Waals surface area contributed by atoms with Gasteiger partial charge < -0.3 is 4.90 Å². The van der Waals surface area contributed by atoms with E-state index < -0.39 is 11.7 Å². The second kappa shape index (κ2) is 11.6. The molecule has 0 N–H and O–H groups in total. The van der Waals surface area contributed by atoms with Gasteiger partial charge in [0.15, 0.2) is 0 Å². The molecule has 0 bridgehead atoms. The van der Waals surface area contributed by atoms with Crippen molar-refractivity contribution in [2.75, 3.05) is 19.6 Å². The molecule has 0 radical (unpaired) electrons. The molecule has 1 aromatic rings. The summed E-state index contributed by atoms with van der Waals surface area (Å²) in [5.74, 6) is 1.18. The van der Waals surface area contributed by atoms with Crippen LogP contribution in [0.2, 0.25) is 0 Å². The average Bonchev–Trinajstić information content (AvgIpc) is 2.62. The van der Waals surface area contributed by atoms with E-state index in [-0.39, 0.29) is 5.92 Å². The van der Waals surface area contributed by atoms with Crippen LogP contribution in [-0.4, -0.2) is 24.5 Å². The number of hydrogen-bond acceptors (Lipinski definition) is 1. The van der Waals surface area contributed by atoms with Gasteiger partial charge in [-0.25, -0.2) is 0 Å². The lowest BCUT2D eigenvalue weighted by atomic mass is 9.88. The van der Waals surface area contributed by atoms with Crippen LogP contribution in [0.1, 0.15) is 83.3 Å². The highest BCUT2D eigenvalue weighted by atomic mass is 19.4. The number of unbranched alkanes of at least 4 members (excludes halogenated alkanes) is 2. The fraction of sp³-hybridized carbons (Fsp3) is 0.727. The molecule has 26 heavy (non-hydrogen) atoms. The van der Waals surface area contributed by atoms with Gasteiger partial charge in [0.25, 0.3) is 0 Å². The first-order valence-corrected chi connectivity index (χ1v) is 10.2. The zero-order valence-electron chi connectivity index (χ0n) is 16.9. The van der Waals surface area contributed by atoms with Crippen LogP contribution in [-0.2, 0) is 6.18 Å². The highest BCUT2D eigenvalue weighted by Gasteiger charge is 2.31. The molecule has 1 fully saturated rings.